The van der Waals surface area contributed by atoms with Gasteiger partial charge in [-0.3, -0.25) is 4.79 Å². The fourth-order valence-electron chi connectivity index (χ4n) is 2.44. The third kappa shape index (κ3) is 2.68. The smallest absolute Gasteiger partial charge is 0.248 e. The molecular formula is C17H19NO. The van der Waals surface area contributed by atoms with Crippen LogP contribution in [-0.2, 0) is 6.42 Å². The van der Waals surface area contributed by atoms with Crippen molar-refractivity contribution in [2.24, 2.45) is 5.73 Å². The Morgan fingerprint density at radius 1 is 1.05 bits per heavy atom. The first-order valence-corrected chi connectivity index (χ1v) is 6.44. The van der Waals surface area contributed by atoms with Crippen molar-refractivity contribution in [2.75, 3.05) is 0 Å². The average molecular weight is 253 g/mol. The Bertz CT molecular complexity index is 615. The molecule has 0 bridgehead atoms. The Labute approximate surface area is 114 Å². The molecule has 0 aliphatic rings. The zero-order valence-electron chi connectivity index (χ0n) is 11.7. The molecule has 2 N–H and O–H groups in total. The van der Waals surface area contributed by atoms with Gasteiger partial charge in [0.25, 0.3) is 0 Å². The summed E-state index contributed by atoms with van der Waals surface area (Å²) in [4.78, 5) is 11.5. The van der Waals surface area contributed by atoms with Crippen molar-refractivity contribution in [2.45, 2.75) is 27.2 Å². The molecule has 0 aliphatic carbocycles. The van der Waals surface area contributed by atoms with E-state index in [-0.39, 0.29) is 5.91 Å². The predicted molar refractivity (Wildman–Crippen MR) is 78.4 cm³/mol. The van der Waals surface area contributed by atoms with Gasteiger partial charge in [0.1, 0.15) is 0 Å². The van der Waals surface area contributed by atoms with Crippen LogP contribution in [0, 0.1) is 20.8 Å². The number of amides is 1. The van der Waals surface area contributed by atoms with Gasteiger partial charge in [0.05, 0.1) is 0 Å². The molecule has 0 radical (unpaired) electrons. The Kier molecular flexibility index (Phi) is 3.70. The van der Waals surface area contributed by atoms with Gasteiger partial charge in [-0.25, -0.2) is 0 Å². The van der Waals surface area contributed by atoms with Crippen molar-refractivity contribution >= 4 is 5.91 Å². The normalized spacial score (nSPS) is 10.5. The van der Waals surface area contributed by atoms with E-state index >= 15 is 0 Å². The van der Waals surface area contributed by atoms with Gasteiger partial charge in [0.2, 0.25) is 5.91 Å². The van der Waals surface area contributed by atoms with E-state index in [0.717, 1.165) is 17.5 Å². The van der Waals surface area contributed by atoms with E-state index in [1.807, 2.05) is 38.1 Å². The second-order valence-corrected chi connectivity index (χ2v) is 5.00. The van der Waals surface area contributed by atoms with Gasteiger partial charge in [-0.2, -0.15) is 0 Å². The predicted octanol–water partition coefficient (Wildman–Crippen LogP) is 3.30. The van der Waals surface area contributed by atoms with Crippen LogP contribution in [0.5, 0.6) is 0 Å². The number of benzene rings is 2. The minimum atomic E-state index is -0.352. The van der Waals surface area contributed by atoms with Crippen molar-refractivity contribution < 1.29 is 4.79 Å². The summed E-state index contributed by atoms with van der Waals surface area (Å²) in [7, 11) is 0. The monoisotopic (exact) mass is 253 g/mol. The molecule has 0 unspecified atom stereocenters. The van der Waals surface area contributed by atoms with Crippen LogP contribution in [-0.4, -0.2) is 5.91 Å². The summed E-state index contributed by atoms with van der Waals surface area (Å²) >= 11 is 0. The van der Waals surface area contributed by atoms with Gasteiger partial charge in [0, 0.05) is 5.56 Å². The molecule has 98 valence electrons. The minimum Gasteiger partial charge on any atom is -0.366 e. The first-order valence-electron chi connectivity index (χ1n) is 6.44. The summed E-state index contributed by atoms with van der Waals surface area (Å²) in [5.41, 5.74) is 11.9. The number of hydrogen-bond donors (Lipinski definition) is 1. The summed E-state index contributed by atoms with van der Waals surface area (Å²) < 4.78 is 0. The Morgan fingerprint density at radius 2 is 1.68 bits per heavy atom. The fraction of sp³-hybridized carbons (Fsp3) is 0.235. The number of carbonyl (C=O) groups is 1. The summed E-state index contributed by atoms with van der Waals surface area (Å²) in [5, 5.41) is 0. The van der Waals surface area contributed by atoms with E-state index in [1.54, 1.807) is 0 Å². The minimum absolute atomic E-state index is 0.352. The van der Waals surface area contributed by atoms with E-state index in [2.05, 4.69) is 19.1 Å². The van der Waals surface area contributed by atoms with E-state index in [4.69, 9.17) is 5.73 Å². The number of aryl methyl sites for hydroxylation is 1. The van der Waals surface area contributed by atoms with Gasteiger partial charge in [-0.15, -0.1) is 0 Å². The largest absolute Gasteiger partial charge is 0.366 e. The number of nitrogens with two attached hydrogens (primary N) is 1. The molecule has 0 atom stereocenters. The number of primary amides is 1. The Hall–Kier alpha value is -2.09. The van der Waals surface area contributed by atoms with E-state index < -0.39 is 0 Å². The molecule has 0 saturated heterocycles. The lowest BCUT2D eigenvalue weighted by molar-refractivity contribution is 0.0999. The second-order valence-electron chi connectivity index (χ2n) is 5.00. The van der Waals surface area contributed by atoms with Gasteiger partial charge in [-0.1, -0.05) is 30.3 Å². The van der Waals surface area contributed by atoms with Crippen LogP contribution in [0.25, 0.3) is 0 Å². The maximum absolute atomic E-state index is 11.5. The Balaban J connectivity index is 2.53. The number of rotatable bonds is 3. The van der Waals surface area contributed by atoms with Gasteiger partial charge < -0.3 is 5.73 Å². The highest BCUT2D eigenvalue weighted by atomic mass is 16.1. The maximum Gasteiger partial charge on any atom is 0.248 e. The van der Waals surface area contributed by atoms with E-state index in [9.17, 15) is 4.79 Å². The lowest BCUT2D eigenvalue weighted by Crippen LogP contribution is -2.15. The van der Waals surface area contributed by atoms with Crippen molar-refractivity contribution in [3.8, 4) is 0 Å². The number of hydrogen-bond acceptors (Lipinski definition) is 1. The lowest BCUT2D eigenvalue weighted by Gasteiger charge is -2.15. The van der Waals surface area contributed by atoms with Crippen molar-refractivity contribution in [1.82, 2.24) is 0 Å². The van der Waals surface area contributed by atoms with Gasteiger partial charge >= 0.3 is 0 Å². The van der Waals surface area contributed by atoms with Crippen molar-refractivity contribution in [3.05, 3.63) is 69.8 Å². The topological polar surface area (TPSA) is 43.1 Å². The molecular weight excluding hydrogens is 234 g/mol. The zero-order chi connectivity index (χ0) is 14.0. The standard InChI is InChI=1S/C17H19NO/c1-11-9-16(17(18)19)13(3)15(12(11)2)10-14-7-5-4-6-8-14/h4-9H,10H2,1-3H3,(H2,18,19). The Morgan fingerprint density at radius 3 is 2.26 bits per heavy atom. The fourth-order valence-corrected chi connectivity index (χ4v) is 2.44. The SMILES string of the molecule is Cc1cc(C(N)=O)c(C)c(Cc2ccccc2)c1C. The zero-order valence-corrected chi connectivity index (χ0v) is 11.7. The summed E-state index contributed by atoms with van der Waals surface area (Å²) in [5.74, 6) is -0.352. The number of carbonyl (C=O) groups excluding carboxylic acids is 1. The summed E-state index contributed by atoms with van der Waals surface area (Å²) in [6.07, 6.45) is 0.834. The van der Waals surface area contributed by atoms with Gasteiger partial charge in [-0.05, 0) is 61.1 Å². The van der Waals surface area contributed by atoms with E-state index in [0.29, 0.717) is 5.56 Å². The summed E-state index contributed by atoms with van der Waals surface area (Å²) in [6, 6.07) is 12.2. The molecule has 19 heavy (non-hydrogen) atoms. The van der Waals surface area contributed by atoms with Crippen LogP contribution < -0.4 is 5.73 Å². The molecule has 2 rings (SSSR count). The third-order valence-electron chi connectivity index (χ3n) is 3.75. The van der Waals surface area contributed by atoms with Crippen LogP contribution >= 0.6 is 0 Å². The quantitative estimate of drug-likeness (QED) is 0.896. The molecule has 0 fully saturated rings. The average Bonchev–Trinajstić information content (AvgIpc) is 2.40. The lowest BCUT2D eigenvalue weighted by atomic mass is 9.89. The molecule has 2 nitrogen and oxygen atoms in total. The first kappa shape index (κ1) is 13.3. The molecule has 0 heterocycles. The molecule has 2 aromatic rings. The highest BCUT2D eigenvalue weighted by molar-refractivity contribution is 5.95. The van der Waals surface area contributed by atoms with Crippen molar-refractivity contribution in [3.63, 3.8) is 0 Å². The molecule has 0 aliphatic heterocycles. The highest BCUT2D eigenvalue weighted by Crippen LogP contribution is 2.24. The molecule has 0 aromatic heterocycles. The third-order valence-corrected chi connectivity index (χ3v) is 3.75. The van der Waals surface area contributed by atoms with Crippen LogP contribution in [0.2, 0.25) is 0 Å². The van der Waals surface area contributed by atoms with Crippen LogP contribution in [0.1, 0.15) is 38.2 Å². The van der Waals surface area contributed by atoms with Crippen LogP contribution in [0.4, 0.5) is 0 Å². The molecule has 0 spiro atoms. The molecule has 0 saturated carbocycles. The van der Waals surface area contributed by atoms with Gasteiger partial charge in [0.15, 0.2) is 0 Å². The molecule has 2 aromatic carbocycles. The van der Waals surface area contributed by atoms with Crippen LogP contribution in [0.15, 0.2) is 36.4 Å². The molecule has 1 amide bonds. The first-order chi connectivity index (χ1) is 9.00. The van der Waals surface area contributed by atoms with Crippen LogP contribution in [0.3, 0.4) is 0 Å². The summed E-state index contributed by atoms with van der Waals surface area (Å²) in [6.45, 7) is 6.10. The van der Waals surface area contributed by atoms with Crippen molar-refractivity contribution in [1.29, 1.82) is 0 Å². The maximum atomic E-state index is 11.5. The highest BCUT2D eigenvalue weighted by Gasteiger charge is 2.14. The second kappa shape index (κ2) is 5.27. The van der Waals surface area contributed by atoms with E-state index in [1.165, 1.54) is 16.7 Å². The molecule has 2 heteroatoms.